The van der Waals surface area contributed by atoms with E-state index in [0.717, 1.165) is 6.42 Å². The molecular formula is C13H16O2S. The van der Waals surface area contributed by atoms with Gasteiger partial charge in [-0.05, 0) is 49.8 Å². The van der Waals surface area contributed by atoms with Gasteiger partial charge in [0.25, 0.3) is 0 Å². The Morgan fingerprint density at radius 3 is 2.50 bits per heavy atom. The van der Waals surface area contributed by atoms with E-state index in [1.807, 2.05) is 12.1 Å². The summed E-state index contributed by atoms with van der Waals surface area (Å²) in [6.07, 6.45) is 5.74. The van der Waals surface area contributed by atoms with Gasteiger partial charge in [-0.15, -0.1) is 0 Å². The van der Waals surface area contributed by atoms with Crippen molar-refractivity contribution < 1.29 is 8.76 Å². The van der Waals surface area contributed by atoms with E-state index in [4.69, 9.17) is 4.55 Å². The van der Waals surface area contributed by atoms with Gasteiger partial charge < -0.3 is 4.55 Å². The summed E-state index contributed by atoms with van der Waals surface area (Å²) in [5, 5.41) is 0. The van der Waals surface area contributed by atoms with Gasteiger partial charge in [0.1, 0.15) is 0 Å². The third-order valence-corrected chi connectivity index (χ3v) is 3.87. The second-order valence-electron chi connectivity index (χ2n) is 4.34. The highest BCUT2D eigenvalue weighted by atomic mass is 32.2. The third kappa shape index (κ3) is 2.60. The molecule has 1 aliphatic carbocycles. The molecule has 2 atom stereocenters. The van der Waals surface area contributed by atoms with Crippen molar-refractivity contribution in [2.24, 2.45) is 0 Å². The summed E-state index contributed by atoms with van der Waals surface area (Å²) in [6, 6.07) is 7.44. The largest absolute Gasteiger partial charge is 0.302 e. The van der Waals surface area contributed by atoms with Crippen molar-refractivity contribution in [3.8, 4) is 0 Å². The van der Waals surface area contributed by atoms with E-state index in [-0.39, 0.29) is 0 Å². The highest BCUT2D eigenvalue weighted by Gasteiger charge is 2.14. The highest BCUT2D eigenvalue weighted by molar-refractivity contribution is 7.79. The molecule has 3 heteroatoms. The first-order chi connectivity index (χ1) is 7.66. The second kappa shape index (κ2) is 4.93. The normalized spacial score (nSPS) is 22.6. The summed E-state index contributed by atoms with van der Waals surface area (Å²) in [4.78, 5) is 0.478. The topological polar surface area (TPSA) is 37.3 Å². The zero-order valence-corrected chi connectivity index (χ0v) is 10.2. The Balaban J connectivity index is 2.13. The van der Waals surface area contributed by atoms with Crippen molar-refractivity contribution in [3.05, 3.63) is 41.5 Å². The van der Waals surface area contributed by atoms with Crippen LogP contribution in [0.2, 0.25) is 0 Å². The molecule has 0 saturated heterocycles. The van der Waals surface area contributed by atoms with E-state index in [0.29, 0.717) is 10.8 Å². The summed E-state index contributed by atoms with van der Waals surface area (Å²) in [5.41, 5.74) is 2.75. The van der Waals surface area contributed by atoms with Crippen molar-refractivity contribution in [2.75, 3.05) is 0 Å². The lowest BCUT2D eigenvalue weighted by atomic mass is 9.85. The van der Waals surface area contributed by atoms with Crippen LogP contribution in [0.5, 0.6) is 0 Å². The summed E-state index contributed by atoms with van der Waals surface area (Å²) < 4.78 is 19.8. The molecule has 1 aliphatic rings. The molecule has 0 fully saturated rings. The van der Waals surface area contributed by atoms with Crippen LogP contribution in [-0.4, -0.2) is 8.76 Å². The van der Waals surface area contributed by atoms with E-state index >= 15 is 0 Å². The molecule has 0 bridgehead atoms. The number of hydrogen-bond donors (Lipinski definition) is 1. The van der Waals surface area contributed by atoms with Crippen LogP contribution in [0.4, 0.5) is 0 Å². The van der Waals surface area contributed by atoms with Crippen LogP contribution in [0.25, 0.3) is 0 Å². The fourth-order valence-electron chi connectivity index (χ4n) is 2.12. The van der Waals surface area contributed by atoms with Crippen molar-refractivity contribution >= 4 is 11.1 Å². The van der Waals surface area contributed by atoms with Gasteiger partial charge in [0.05, 0.1) is 4.90 Å². The minimum atomic E-state index is -1.86. The van der Waals surface area contributed by atoms with Crippen LogP contribution in [0.15, 0.2) is 40.8 Å². The molecular weight excluding hydrogens is 220 g/mol. The molecule has 1 N–H and O–H groups in total. The lowest BCUT2D eigenvalue weighted by molar-refractivity contribution is 0.564. The van der Waals surface area contributed by atoms with Gasteiger partial charge in [0.2, 0.25) is 0 Å². The molecule has 1 aromatic rings. The maximum Gasteiger partial charge on any atom is 0.186 e. The Morgan fingerprint density at radius 2 is 2.00 bits per heavy atom. The second-order valence-corrected chi connectivity index (χ2v) is 5.31. The summed E-state index contributed by atoms with van der Waals surface area (Å²) in [6.45, 7) is 2.17. The molecule has 2 nitrogen and oxygen atoms in total. The van der Waals surface area contributed by atoms with Gasteiger partial charge in [-0.2, -0.15) is 0 Å². The van der Waals surface area contributed by atoms with Crippen LogP contribution >= 0.6 is 0 Å². The number of hydrogen-bond acceptors (Lipinski definition) is 1. The van der Waals surface area contributed by atoms with E-state index in [1.165, 1.54) is 24.0 Å². The molecule has 0 saturated carbocycles. The van der Waals surface area contributed by atoms with Crippen molar-refractivity contribution in [1.82, 2.24) is 0 Å². The first kappa shape index (κ1) is 11.6. The molecule has 1 aromatic carbocycles. The molecule has 2 unspecified atom stereocenters. The van der Waals surface area contributed by atoms with Gasteiger partial charge in [-0.3, -0.25) is 0 Å². The van der Waals surface area contributed by atoms with Crippen molar-refractivity contribution in [1.29, 1.82) is 0 Å². The predicted octanol–water partition coefficient (Wildman–Crippen LogP) is 3.48. The number of rotatable bonds is 2. The SMILES string of the molecule is CC1=CCC(c2ccc(S(=O)O)cc2)CC1. The maximum atomic E-state index is 10.8. The summed E-state index contributed by atoms with van der Waals surface area (Å²) >= 11 is -1.86. The van der Waals surface area contributed by atoms with Crippen LogP contribution in [-0.2, 0) is 11.1 Å². The predicted molar refractivity (Wildman–Crippen MR) is 65.8 cm³/mol. The molecule has 0 heterocycles. The molecule has 16 heavy (non-hydrogen) atoms. The highest BCUT2D eigenvalue weighted by Crippen LogP contribution is 2.31. The lowest BCUT2D eigenvalue weighted by Crippen LogP contribution is -2.03. The number of allylic oxidation sites excluding steroid dienone is 2. The Morgan fingerprint density at radius 1 is 1.31 bits per heavy atom. The smallest absolute Gasteiger partial charge is 0.186 e. The molecule has 0 amide bonds. The van der Waals surface area contributed by atoms with E-state index in [1.54, 1.807) is 12.1 Å². The molecule has 0 radical (unpaired) electrons. The van der Waals surface area contributed by atoms with Crippen LogP contribution in [0.3, 0.4) is 0 Å². The average molecular weight is 236 g/mol. The first-order valence-electron chi connectivity index (χ1n) is 5.53. The Bertz CT molecular complexity index is 420. The zero-order valence-electron chi connectivity index (χ0n) is 9.35. The standard InChI is InChI=1S/C13H16O2S/c1-10-2-4-11(5-3-10)12-6-8-13(9-7-12)16(14)15/h2,6-9,11H,3-5H2,1H3,(H,14,15). The summed E-state index contributed by atoms with van der Waals surface area (Å²) in [5.74, 6) is 0.574. The van der Waals surface area contributed by atoms with Crippen LogP contribution in [0, 0.1) is 0 Å². The van der Waals surface area contributed by atoms with Crippen LogP contribution < -0.4 is 0 Å². The van der Waals surface area contributed by atoms with Gasteiger partial charge >= 0.3 is 0 Å². The molecule has 2 rings (SSSR count). The van der Waals surface area contributed by atoms with E-state index in [2.05, 4.69) is 13.0 Å². The van der Waals surface area contributed by atoms with Crippen molar-refractivity contribution in [3.63, 3.8) is 0 Å². The Labute approximate surface area is 98.7 Å². The summed E-state index contributed by atoms with van der Waals surface area (Å²) in [7, 11) is 0. The van der Waals surface area contributed by atoms with Gasteiger partial charge in [0.15, 0.2) is 11.1 Å². The third-order valence-electron chi connectivity index (χ3n) is 3.19. The minimum absolute atomic E-state index is 0.478. The van der Waals surface area contributed by atoms with Crippen LogP contribution in [0.1, 0.15) is 37.7 Å². The first-order valence-corrected chi connectivity index (χ1v) is 6.64. The van der Waals surface area contributed by atoms with Gasteiger partial charge in [-0.1, -0.05) is 23.8 Å². The maximum absolute atomic E-state index is 10.8. The fourth-order valence-corrected chi connectivity index (χ4v) is 2.49. The van der Waals surface area contributed by atoms with Gasteiger partial charge in [0, 0.05) is 0 Å². The Hall–Kier alpha value is -0.930. The Kier molecular flexibility index (Phi) is 3.56. The van der Waals surface area contributed by atoms with Crippen molar-refractivity contribution in [2.45, 2.75) is 37.0 Å². The lowest BCUT2D eigenvalue weighted by Gasteiger charge is -2.20. The number of benzene rings is 1. The molecule has 0 aromatic heterocycles. The molecule has 86 valence electrons. The van der Waals surface area contributed by atoms with E-state index < -0.39 is 11.1 Å². The zero-order chi connectivity index (χ0) is 11.5. The quantitative estimate of drug-likeness (QED) is 0.630. The molecule has 0 spiro atoms. The molecule has 0 aliphatic heterocycles. The average Bonchev–Trinajstić information content (AvgIpc) is 2.30. The minimum Gasteiger partial charge on any atom is -0.302 e. The van der Waals surface area contributed by atoms with E-state index in [9.17, 15) is 4.21 Å². The fraction of sp³-hybridized carbons (Fsp3) is 0.385. The van der Waals surface area contributed by atoms with Gasteiger partial charge in [-0.25, -0.2) is 4.21 Å². The monoisotopic (exact) mass is 236 g/mol.